The Balaban J connectivity index is 2.31. The van der Waals surface area contributed by atoms with Gasteiger partial charge in [-0.15, -0.1) is 0 Å². The van der Waals surface area contributed by atoms with Gasteiger partial charge < -0.3 is 15.0 Å². The zero-order valence-electron chi connectivity index (χ0n) is 15.8. The lowest BCUT2D eigenvalue weighted by atomic mass is 10.1. The van der Waals surface area contributed by atoms with Crippen LogP contribution < -0.4 is 10.1 Å². The summed E-state index contributed by atoms with van der Waals surface area (Å²) in [4.78, 5) is 14.7. The van der Waals surface area contributed by atoms with Crippen molar-refractivity contribution >= 4 is 5.91 Å². The molecule has 1 aromatic heterocycles. The van der Waals surface area contributed by atoms with Crippen LogP contribution >= 0.6 is 0 Å². The van der Waals surface area contributed by atoms with E-state index in [-0.39, 0.29) is 5.91 Å². The molecule has 2 aromatic rings. The average molecular weight is 344 g/mol. The van der Waals surface area contributed by atoms with Crippen molar-refractivity contribution < 1.29 is 9.53 Å². The summed E-state index contributed by atoms with van der Waals surface area (Å²) in [6, 6.07) is 7.68. The molecule has 2 rings (SSSR count). The molecule has 1 heterocycles. The third kappa shape index (κ3) is 4.60. The van der Waals surface area contributed by atoms with E-state index in [0.29, 0.717) is 12.1 Å². The van der Waals surface area contributed by atoms with Crippen LogP contribution in [0.1, 0.15) is 35.1 Å². The summed E-state index contributed by atoms with van der Waals surface area (Å²) >= 11 is 0. The van der Waals surface area contributed by atoms with Crippen molar-refractivity contribution in [1.82, 2.24) is 20.0 Å². The maximum absolute atomic E-state index is 12.7. The van der Waals surface area contributed by atoms with E-state index in [9.17, 15) is 4.79 Å². The molecule has 1 amide bonds. The number of hydrogen-bond donors (Lipinski definition) is 1. The standard InChI is InChI=1S/C19H28N4O2/c1-6-7-17-18(19(24)20-12-13-22(3)4)14(2)23(21-17)15-8-10-16(25-5)11-9-15/h8-11H,6-7,12-13H2,1-5H3,(H,20,24). The molecule has 0 aliphatic carbocycles. The average Bonchev–Trinajstić information content (AvgIpc) is 2.91. The summed E-state index contributed by atoms with van der Waals surface area (Å²) < 4.78 is 7.05. The van der Waals surface area contributed by atoms with E-state index in [1.807, 2.05) is 54.9 Å². The molecule has 25 heavy (non-hydrogen) atoms. The van der Waals surface area contributed by atoms with Crippen molar-refractivity contribution in [1.29, 1.82) is 0 Å². The van der Waals surface area contributed by atoms with Crippen LogP contribution in [0.15, 0.2) is 24.3 Å². The molecule has 0 bridgehead atoms. The SMILES string of the molecule is CCCc1nn(-c2ccc(OC)cc2)c(C)c1C(=O)NCCN(C)C. The van der Waals surface area contributed by atoms with E-state index in [0.717, 1.165) is 42.2 Å². The highest BCUT2D eigenvalue weighted by molar-refractivity contribution is 5.96. The second kappa shape index (κ2) is 8.67. The van der Waals surface area contributed by atoms with Crippen LogP contribution in [0.25, 0.3) is 5.69 Å². The monoisotopic (exact) mass is 344 g/mol. The molecule has 0 aliphatic rings. The molecule has 6 heteroatoms. The fraction of sp³-hybridized carbons (Fsp3) is 0.474. The molecule has 0 atom stereocenters. The molecule has 1 aromatic carbocycles. The third-order valence-corrected chi connectivity index (χ3v) is 4.06. The molecular weight excluding hydrogens is 316 g/mol. The predicted molar refractivity (Wildman–Crippen MR) is 99.7 cm³/mol. The summed E-state index contributed by atoms with van der Waals surface area (Å²) in [5.74, 6) is 0.742. The number of methoxy groups -OCH3 is 1. The summed E-state index contributed by atoms with van der Waals surface area (Å²) in [7, 11) is 5.62. The number of ether oxygens (including phenoxy) is 1. The first-order valence-corrected chi connectivity index (χ1v) is 8.63. The van der Waals surface area contributed by atoms with Crippen molar-refractivity contribution in [3.8, 4) is 11.4 Å². The molecule has 0 radical (unpaired) electrons. The number of rotatable bonds is 8. The van der Waals surface area contributed by atoms with Gasteiger partial charge in [-0.25, -0.2) is 4.68 Å². The topological polar surface area (TPSA) is 59.4 Å². The Labute approximate surface area is 149 Å². The van der Waals surface area contributed by atoms with E-state index in [1.54, 1.807) is 7.11 Å². The fourth-order valence-electron chi connectivity index (χ4n) is 2.72. The van der Waals surface area contributed by atoms with Crippen molar-refractivity contribution in [3.05, 3.63) is 41.2 Å². The van der Waals surface area contributed by atoms with Crippen LogP contribution in [-0.4, -0.2) is 54.9 Å². The van der Waals surface area contributed by atoms with Gasteiger partial charge in [0.25, 0.3) is 5.91 Å². The van der Waals surface area contributed by atoms with E-state index in [2.05, 4.69) is 12.2 Å². The highest BCUT2D eigenvalue weighted by Crippen LogP contribution is 2.21. The second-order valence-corrected chi connectivity index (χ2v) is 6.33. The Hall–Kier alpha value is -2.34. The van der Waals surface area contributed by atoms with E-state index in [1.165, 1.54) is 0 Å². The minimum absolute atomic E-state index is 0.0532. The van der Waals surface area contributed by atoms with Crippen LogP contribution in [-0.2, 0) is 6.42 Å². The van der Waals surface area contributed by atoms with Crippen molar-refractivity contribution in [3.63, 3.8) is 0 Å². The van der Waals surface area contributed by atoms with E-state index >= 15 is 0 Å². The Bertz CT molecular complexity index is 705. The van der Waals surface area contributed by atoms with Crippen molar-refractivity contribution in [2.45, 2.75) is 26.7 Å². The van der Waals surface area contributed by atoms with Gasteiger partial charge in [0.05, 0.1) is 29.7 Å². The molecule has 136 valence electrons. The maximum Gasteiger partial charge on any atom is 0.255 e. The quantitative estimate of drug-likeness (QED) is 0.799. The maximum atomic E-state index is 12.7. The molecule has 0 spiro atoms. The van der Waals surface area contributed by atoms with Crippen LogP contribution in [0.5, 0.6) is 5.75 Å². The van der Waals surface area contributed by atoms with Crippen molar-refractivity contribution in [2.75, 3.05) is 34.3 Å². The molecular formula is C19H28N4O2. The van der Waals surface area contributed by atoms with Gasteiger partial charge in [-0.2, -0.15) is 5.10 Å². The van der Waals surface area contributed by atoms with Crippen molar-refractivity contribution in [2.24, 2.45) is 0 Å². The van der Waals surface area contributed by atoms with Crippen LogP contribution in [0.3, 0.4) is 0 Å². The normalized spacial score (nSPS) is 11.0. The number of nitrogens with zero attached hydrogens (tertiary/aromatic N) is 3. The number of hydrogen-bond acceptors (Lipinski definition) is 4. The number of nitrogens with one attached hydrogen (secondary N) is 1. The number of carbonyl (C=O) groups excluding carboxylic acids is 1. The Kier molecular flexibility index (Phi) is 6.58. The van der Waals surface area contributed by atoms with Gasteiger partial charge in [-0.1, -0.05) is 13.3 Å². The minimum atomic E-state index is -0.0532. The van der Waals surface area contributed by atoms with Gasteiger partial charge in [-0.3, -0.25) is 4.79 Å². The molecule has 0 aliphatic heterocycles. The second-order valence-electron chi connectivity index (χ2n) is 6.33. The van der Waals surface area contributed by atoms with Gasteiger partial charge in [0.2, 0.25) is 0 Å². The summed E-state index contributed by atoms with van der Waals surface area (Å²) in [6.45, 7) is 5.46. The molecule has 0 unspecified atom stereocenters. The van der Waals surface area contributed by atoms with Gasteiger partial charge in [0, 0.05) is 13.1 Å². The summed E-state index contributed by atoms with van der Waals surface area (Å²) in [5.41, 5.74) is 3.31. The Morgan fingerprint density at radius 1 is 1.28 bits per heavy atom. The number of aromatic nitrogens is 2. The molecule has 0 fully saturated rings. The highest BCUT2D eigenvalue weighted by atomic mass is 16.5. The smallest absolute Gasteiger partial charge is 0.255 e. The lowest BCUT2D eigenvalue weighted by Gasteiger charge is -2.11. The highest BCUT2D eigenvalue weighted by Gasteiger charge is 2.21. The first kappa shape index (κ1) is 19.0. The Morgan fingerprint density at radius 3 is 2.52 bits per heavy atom. The van der Waals surface area contributed by atoms with Crippen LogP contribution in [0.4, 0.5) is 0 Å². The zero-order valence-corrected chi connectivity index (χ0v) is 15.8. The summed E-state index contributed by atoms with van der Waals surface area (Å²) in [5, 5.41) is 7.69. The number of carbonyl (C=O) groups is 1. The van der Waals surface area contributed by atoms with Gasteiger partial charge >= 0.3 is 0 Å². The number of amides is 1. The first-order valence-electron chi connectivity index (χ1n) is 8.63. The van der Waals surface area contributed by atoms with E-state index in [4.69, 9.17) is 9.84 Å². The molecule has 0 saturated heterocycles. The van der Waals surface area contributed by atoms with Crippen LogP contribution in [0.2, 0.25) is 0 Å². The Morgan fingerprint density at radius 2 is 1.96 bits per heavy atom. The van der Waals surface area contributed by atoms with Gasteiger partial charge in [0.1, 0.15) is 5.75 Å². The third-order valence-electron chi connectivity index (χ3n) is 4.06. The van der Waals surface area contributed by atoms with E-state index < -0.39 is 0 Å². The summed E-state index contributed by atoms with van der Waals surface area (Å²) in [6.07, 6.45) is 1.72. The first-order chi connectivity index (χ1) is 12.0. The fourth-order valence-corrected chi connectivity index (χ4v) is 2.72. The van der Waals surface area contributed by atoms with Gasteiger partial charge in [0.15, 0.2) is 0 Å². The minimum Gasteiger partial charge on any atom is -0.497 e. The van der Waals surface area contributed by atoms with Crippen LogP contribution in [0, 0.1) is 6.92 Å². The molecule has 0 saturated carbocycles. The zero-order chi connectivity index (χ0) is 18.4. The predicted octanol–water partition coefficient (Wildman–Crippen LogP) is 2.43. The molecule has 1 N–H and O–H groups in total. The van der Waals surface area contributed by atoms with Gasteiger partial charge in [-0.05, 0) is 51.7 Å². The lowest BCUT2D eigenvalue weighted by Crippen LogP contribution is -2.32. The molecule has 6 nitrogen and oxygen atoms in total. The lowest BCUT2D eigenvalue weighted by molar-refractivity contribution is 0.0949. The number of likely N-dealkylation sites (N-methyl/N-ethyl adjacent to an activating group) is 1. The largest absolute Gasteiger partial charge is 0.497 e. The number of aryl methyl sites for hydroxylation is 1. The number of benzene rings is 1.